The minimum absolute atomic E-state index is 0. The van der Waals surface area contributed by atoms with E-state index >= 15 is 0 Å². The average Bonchev–Trinajstić information content (AvgIpc) is 2.00. The molecule has 0 atom stereocenters. The van der Waals surface area contributed by atoms with Gasteiger partial charge in [0.2, 0.25) is 0 Å². The first-order chi connectivity index (χ1) is 4.80. The zero-order valence-electron chi connectivity index (χ0n) is 6.96. The summed E-state index contributed by atoms with van der Waals surface area (Å²) in [5, 5.41) is 0. The third kappa shape index (κ3) is 5.22. The SMILES string of the molecule is CC.Nc1c[c-]ccc1N.[Y]. The Bertz CT molecular complexity index is 168. The van der Waals surface area contributed by atoms with Crippen LogP contribution in [0.1, 0.15) is 13.8 Å². The summed E-state index contributed by atoms with van der Waals surface area (Å²) in [6.45, 7) is 4.00. The zero-order valence-corrected chi connectivity index (χ0v) is 9.80. The third-order valence-electron chi connectivity index (χ3n) is 0.931. The van der Waals surface area contributed by atoms with Crippen LogP contribution in [-0.2, 0) is 32.7 Å². The van der Waals surface area contributed by atoms with Crippen LogP contribution in [0.5, 0.6) is 0 Å². The van der Waals surface area contributed by atoms with Crippen molar-refractivity contribution in [3.8, 4) is 0 Å². The van der Waals surface area contributed by atoms with Crippen LogP contribution >= 0.6 is 0 Å². The van der Waals surface area contributed by atoms with Crippen molar-refractivity contribution in [2.75, 3.05) is 11.5 Å². The number of anilines is 2. The van der Waals surface area contributed by atoms with Crippen LogP contribution in [0.3, 0.4) is 0 Å². The van der Waals surface area contributed by atoms with Gasteiger partial charge in [-0.25, -0.2) is 0 Å². The van der Waals surface area contributed by atoms with Crippen molar-refractivity contribution in [3.63, 3.8) is 0 Å². The van der Waals surface area contributed by atoms with Gasteiger partial charge in [0.1, 0.15) is 0 Å². The molecule has 0 amide bonds. The fourth-order valence-electron chi connectivity index (χ4n) is 0.455. The molecule has 59 valence electrons. The average molecular weight is 226 g/mol. The fourth-order valence-corrected chi connectivity index (χ4v) is 0.455. The molecule has 0 heterocycles. The first-order valence-corrected chi connectivity index (χ1v) is 3.32. The second-order valence-electron chi connectivity index (χ2n) is 1.56. The summed E-state index contributed by atoms with van der Waals surface area (Å²) < 4.78 is 0. The molecule has 0 aliphatic rings. The standard InChI is InChI=1S/C6H7N2.C2H6.Y/c7-5-3-1-2-4-6(5)8;1-2;/h1,3-4H,7-8H2;1-2H3;/q-1;;. The molecule has 0 unspecified atom stereocenters. The number of nitrogen functional groups attached to an aromatic ring is 2. The van der Waals surface area contributed by atoms with E-state index in [1.165, 1.54) is 0 Å². The van der Waals surface area contributed by atoms with Crippen LogP contribution in [0.4, 0.5) is 11.4 Å². The summed E-state index contributed by atoms with van der Waals surface area (Å²) in [7, 11) is 0. The van der Waals surface area contributed by atoms with Gasteiger partial charge in [0.15, 0.2) is 0 Å². The molecule has 0 aliphatic carbocycles. The molecule has 0 fully saturated rings. The molecule has 0 aliphatic heterocycles. The normalized spacial score (nSPS) is 7.09. The van der Waals surface area contributed by atoms with E-state index < -0.39 is 0 Å². The maximum Gasteiger partial charge on any atom is 0 e. The molecular weight excluding hydrogens is 213 g/mol. The summed E-state index contributed by atoms with van der Waals surface area (Å²) in [6, 6.07) is 7.89. The Morgan fingerprint density at radius 2 is 1.73 bits per heavy atom. The second kappa shape index (κ2) is 8.02. The molecule has 0 spiro atoms. The van der Waals surface area contributed by atoms with Crippen LogP contribution < -0.4 is 11.5 Å². The summed E-state index contributed by atoms with van der Waals surface area (Å²) in [4.78, 5) is 0. The van der Waals surface area contributed by atoms with E-state index in [1.54, 1.807) is 18.2 Å². The van der Waals surface area contributed by atoms with Crippen molar-refractivity contribution in [2.24, 2.45) is 0 Å². The van der Waals surface area contributed by atoms with E-state index in [-0.39, 0.29) is 32.7 Å². The predicted octanol–water partition coefficient (Wildman–Crippen LogP) is 1.67. The van der Waals surface area contributed by atoms with E-state index in [0.29, 0.717) is 11.4 Å². The van der Waals surface area contributed by atoms with Gasteiger partial charge in [-0.15, -0.1) is 6.07 Å². The van der Waals surface area contributed by atoms with Gasteiger partial charge >= 0.3 is 0 Å². The Balaban J connectivity index is 0. The number of hydrogen-bond donors (Lipinski definition) is 2. The van der Waals surface area contributed by atoms with Crippen LogP contribution in [-0.4, -0.2) is 0 Å². The Morgan fingerprint density at radius 1 is 1.18 bits per heavy atom. The number of nitrogens with two attached hydrogens (primary N) is 2. The van der Waals surface area contributed by atoms with Gasteiger partial charge in [0.05, 0.1) is 0 Å². The molecule has 0 saturated carbocycles. The first kappa shape index (κ1) is 13.5. The Morgan fingerprint density at radius 3 is 2.00 bits per heavy atom. The van der Waals surface area contributed by atoms with Crippen molar-refractivity contribution in [1.82, 2.24) is 0 Å². The predicted molar refractivity (Wildman–Crippen MR) is 45.5 cm³/mol. The zero-order chi connectivity index (χ0) is 7.98. The van der Waals surface area contributed by atoms with Gasteiger partial charge in [-0.05, 0) is 0 Å². The summed E-state index contributed by atoms with van der Waals surface area (Å²) >= 11 is 0. The summed E-state index contributed by atoms with van der Waals surface area (Å²) in [6.07, 6.45) is 0. The monoisotopic (exact) mass is 226 g/mol. The minimum Gasteiger partial charge on any atom is -0.448 e. The Hall–Kier alpha value is -0.0761. The summed E-state index contributed by atoms with van der Waals surface area (Å²) in [5.74, 6) is 0. The molecule has 0 bridgehead atoms. The molecular formula is C8H13N2Y-. The van der Waals surface area contributed by atoms with Crippen LogP contribution in [0.15, 0.2) is 18.2 Å². The Labute approximate surface area is 93.2 Å². The molecule has 11 heavy (non-hydrogen) atoms. The maximum absolute atomic E-state index is 5.37. The van der Waals surface area contributed by atoms with Crippen molar-refractivity contribution in [3.05, 3.63) is 24.3 Å². The van der Waals surface area contributed by atoms with Crippen molar-refractivity contribution < 1.29 is 32.7 Å². The molecule has 1 rings (SSSR count). The van der Waals surface area contributed by atoms with Gasteiger partial charge in [-0.3, -0.25) is 0 Å². The van der Waals surface area contributed by atoms with Crippen molar-refractivity contribution in [1.29, 1.82) is 0 Å². The molecule has 4 N–H and O–H groups in total. The van der Waals surface area contributed by atoms with Crippen LogP contribution in [0.25, 0.3) is 0 Å². The second-order valence-corrected chi connectivity index (χ2v) is 1.56. The van der Waals surface area contributed by atoms with E-state index in [1.807, 2.05) is 13.8 Å². The largest absolute Gasteiger partial charge is 0.448 e. The third-order valence-corrected chi connectivity index (χ3v) is 0.931. The molecule has 1 aromatic rings. The van der Waals surface area contributed by atoms with Crippen molar-refractivity contribution >= 4 is 11.4 Å². The molecule has 1 aromatic carbocycles. The molecule has 1 radical (unpaired) electrons. The molecule has 3 heteroatoms. The van der Waals surface area contributed by atoms with Gasteiger partial charge in [-0.2, -0.15) is 18.2 Å². The van der Waals surface area contributed by atoms with Gasteiger partial charge < -0.3 is 11.5 Å². The quantitative estimate of drug-likeness (QED) is 0.522. The number of hydrogen-bond acceptors (Lipinski definition) is 2. The molecule has 2 nitrogen and oxygen atoms in total. The molecule has 0 aromatic heterocycles. The van der Waals surface area contributed by atoms with Gasteiger partial charge in [0.25, 0.3) is 0 Å². The number of benzene rings is 1. The van der Waals surface area contributed by atoms with E-state index in [0.717, 1.165) is 0 Å². The van der Waals surface area contributed by atoms with Crippen molar-refractivity contribution in [2.45, 2.75) is 13.8 Å². The van der Waals surface area contributed by atoms with Crippen LogP contribution in [0, 0.1) is 6.07 Å². The fraction of sp³-hybridized carbons (Fsp3) is 0.250. The topological polar surface area (TPSA) is 52.0 Å². The Kier molecular flexibility index (Phi) is 9.86. The number of rotatable bonds is 0. The van der Waals surface area contributed by atoms with E-state index in [4.69, 9.17) is 11.5 Å². The van der Waals surface area contributed by atoms with E-state index in [2.05, 4.69) is 6.07 Å². The smallest absolute Gasteiger partial charge is 0 e. The first-order valence-electron chi connectivity index (χ1n) is 3.32. The van der Waals surface area contributed by atoms with Gasteiger partial charge in [0, 0.05) is 32.7 Å². The van der Waals surface area contributed by atoms with E-state index in [9.17, 15) is 0 Å². The van der Waals surface area contributed by atoms with Gasteiger partial charge in [-0.1, -0.05) is 25.2 Å². The van der Waals surface area contributed by atoms with Crippen LogP contribution in [0.2, 0.25) is 0 Å². The summed E-state index contributed by atoms with van der Waals surface area (Å²) in [5.41, 5.74) is 11.9. The maximum atomic E-state index is 5.37. The molecule has 0 saturated heterocycles. The minimum atomic E-state index is 0.